The normalized spacial score (nSPS) is 10.6. The van der Waals surface area contributed by atoms with Crippen molar-refractivity contribution in [1.82, 2.24) is 15.0 Å². The minimum Gasteiger partial charge on any atom is -0.347 e. The molecule has 0 aromatic carbocycles. The molecule has 0 atom stereocenters. The first-order valence-corrected chi connectivity index (χ1v) is 6.46. The summed E-state index contributed by atoms with van der Waals surface area (Å²) in [4.78, 5) is 12.0. The second-order valence-electron chi connectivity index (χ2n) is 3.60. The van der Waals surface area contributed by atoms with Crippen LogP contribution in [0.2, 0.25) is 0 Å². The van der Waals surface area contributed by atoms with Gasteiger partial charge in [0.15, 0.2) is 0 Å². The van der Waals surface area contributed by atoms with Gasteiger partial charge in [-0.15, -0.1) is 11.3 Å². The maximum atomic E-state index is 5.13. The van der Waals surface area contributed by atoms with E-state index in [2.05, 4.69) is 21.9 Å². The highest BCUT2D eigenvalue weighted by molar-refractivity contribution is 7.71. The summed E-state index contributed by atoms with van der Waals surface area (Å²) < 4.78 is 0.652. The minimum atomic E-state index is 0.652. The summed E-state index contributed by atoms with van der Waals surface area (Å²) in [6.07, 6.45) is 1.67. The van der Waals surface area contributed by atoms with Gasteiger partial charge in [-0.25, -0.2) is 9.97 Å². The fraction of sp³-hybridized carbons (Fsp3) is 0.364. The molecule has 0 radical (unpaired) electrons. The second-order valence-corrected chi connectivity index (χ2v) is 4.97. The van der Waals surface area contributed by atoms with Gasteiger partial charge in [-0.2, -0.15) is 0 Å². The Balaban J connectivity index is 2.27. The fourth-order valence-corrected chi connectivity index (χ4v) is 2.49. The lowest BCUT2D eigenvalue weighted by Crippen LogP contribution is -2.00. The molecule has 0 unspecified atom stereocenters. The zero-order valence-electron chi connectivity index (χ0n) is 9.28. The number of aromatic nitrogens is 3. The van der Waals surface area contributed by atoms with Crippen LogP contribution in [-0.2, 0) is 12.8 Å². The predicted molar refractivity (Wildman–Crippen MR) is 68.5 cm³/mol. The highest BCUT2D eigenvalue weighted by Crippen LogP contribution is 2.12. The van der Waals surface area contributed by atoms with Crippen LogP contribution in [0.4, 0.5) is 0 Å². The standard InChI is InChI=1S/C11H13N3S2/c1-3-8-4-10(15)14-9(13-8)5-11-12-7(2)6-16-11/h4,6H,3,5H2,1-2H3,(H,13,14,15). The number of hydrogen-bond donors (Lipinski definition) is 1. The Morgan fingerprint density at radius 2 is 2.25 bits per heavy atom. The molecule has 2 rings (SSSR count). The molecule has 0 spiro atoms. The van der Waals surface area contributed by atoms with Gasteiger partial charge in [-0.05, 0) is 19.4 Å². The van der Waals surface area contributed by atoms with Gasteiger partial charge in [-0.3, -0.25) is 0 Å². The van der Waals surface area contributed by atoms with Crippen LogP contribution in [0.1, 0.15) is 29.1 Å². The Bertz CT molecular complexity index is 542. The number of aromatic amines is 1. The fourth-order valence-electron chi connectivity index (χ4n) is 1.47. The van der Waals surface area contributed by atoms with Crippen LogP contribution >= 0.6 is 23.6 Å². The summed E-state index contributed by atoms with van der Waals surface area (Å²) in [5.74, 6) is 0.902. The van der Waals surface area contributed by atoms with Crippen LogP contribution in [0.15, 0.2) is 11.4 Å². The lowest BCUT2D eigenvalue weighted by atomic mass is 10.3. The highest BCUT2D eigenvalue weighted by Gasteiger charge is 2.03. The van der Waals surface area contributed by atoms with Crippen molar-refractivity contribution >= 4 is 23.6 Å². The first-order valence-electron chi connectivity index (χ1n) is 5.17. The number of rotatable bonds is 3. The monoisotopic (exact) mass is 251 g/mol. The van der Waals surface area contributed by atoms with Crippen LogP contribution in [0.5, 0.6) is 0 Å². The molecular weight excluding hydrogens is 238 g/mol. The average Bonchev–Trinajstić information content (AvgIpc) is 2.63. The molecule has 0 aliphatic carbocycles. The van der Waals surface area contributed by atoms with Crippen molar-refractivity contribution in [3.05, 3.63) is 38.3 Å². The SMILES string of the molecule is CCc1cc(=S)nc(Cc2nc(C)cs2)[nH]1. The molecule has 2 aromatic rings. The number of nitrogens with one attached hydrogen (secondary N) is 1. The van der Waals surface area contributed by atoms with Crippen molar-refractivity contribution in [3.63, 3.8) is 0 Å². The lowest BCUT2D eigenvalue weighted by molar-refractivity contribution is 0.892. The summed E-state index contributed by atoms with van der Waals surface area (Å²) >= 11 is 6.79. The van der Waals surface area contributed by atoms with Crippen molar-refractivity contribution in [2.75, 3.05) is 0 Å². The van der Waals surface area contributed by atoms with Crippen molar-refractivity contribution < 1.29 is 0 Å². The maximum Gasteiger partial charge on any atom is 0.130 e. The van der Waals surface area contributed by atoms with E-state index in [9.17, 15) is 0 Å². The Morgan fingerprint density at radius 3 is 2.88 bits per heavy atom. The van der Waals surface area contributed by atoms with Crippen LogP contribution < -0.4 is 0 Å². The van der Waals surface area contributed by atoms with Crippen LogP contribution in [-0.4, -0.2) is 15.0 Å². The molecule has 2 heterocycles. The topological polar surface area (TPSA) is 41.6 Å². The van der Waals surface area contributed by atoms with E-state index in [1.807, 2.05) is 18.4 Å². The van der Waals surface area contributed by atoms with Crippen molar-refractivity contribution in [2.45, 2.75) is 26.7 Å². The Kier molecular flexibility index (Phi) is 3.46. The number of aryl methyl sites for hydroxylation is 2. The molecule has 3 nitrogen and oxygen atoms in total. The summed E-state index contributed by atoms with van der Waals surface area (Å²) in [7, 11) is 0. The van der Waals surface area contributed by atoms with E-state index in [0.717, 1.165) is 35.1 Å². The molecule has 0 saturated heterocycles. The third kappa shape index (κ3) is 2.74. The summed E-state index contributed by atoms with van der Waals surface area (Å²) in [6.45, 7) is 4.09. The van der Waals surface area contributed by atoms with Gasteiger partial charge in [-0.1, -0.05) is 19.1 Å². The molecule has 0 saturated carbocycles. The van der Waals surface area contributed by atoms with Gasteiger partial charge in [0, 0.05) is 16.8 Å². The predicted octanol–water partition coefficient (Wildman–Crippen LogP) is 3.06. The number of hydrogen-bond acceptors (Lipinski definition) is 4. The van der Waals surface area contributed by atoms with Gasteiger partial charge in [0.25, 0.3) is 0 Å². The van der Waals surface area contributed by atoms with Gasteiger partial charge in [0.1, 0.15) is 15.5 Å². The van der Waals surface area contributed by atoms with E-state index in [-0.39, 0.29) is 0 Å². The van der Waals surface area contributed by atoms with E-state index in [1.54, 1.807) is 11.3 Å². The lowest BCUT2D eigenvalue weighted by Gasteiger charge is -2.02. The molecule has 84 valence electrons. The van der Waals surface area contributed by atoms with E-state index >= 15 is 0 Å². The molecule has 0 amide bonds. The van der Waals surface area contributed by atoms with Gasteiger partial charge in [0.05, 0.1) is 6.42 Å². The molecule has 1 N–H and O–H groups in total. The number of thiazole rings is 1. The quantitative estimate of drug-likeness (QED) is 0.852. The maximum absolute atomic E-state index is 5.13. The van der Waals surface area contributed by atoms with Crippen molar-refractivity contribution in [1.29, 1.82) is 0 Å². The zero-order valence-corrected chi connectivity index (χ0v) is 10.9. The summed E-state index contributed by atoms with van der Waals surface area (Å²) in [6, 6.07) is 1.91. The largest absolute Gasteiger partial charge is 0.347 e. The van der Waals surface area contributed by atoms with E-state index in [4.69, 9.17) is 12.2 Å². The highest BCUT2D eigenvalue weighted by atomic mass is 32.1. The van der Waals surface area contributed by atoms with Crippen LogP contribution in [0.3, 0.4) is 0 Å². The molecule has 16 heavy (non-hydrogen) atoms. The third-order valence-electron chi connectivity index (χ3n) is 2.21. The van der Waals surface area contributed by atoms with E-state index < -0.39 is 0 Å². The molecule has 0 aliphatic rings. The molecular formula is C11H13N3S2. The van der Waals surface area contributed by atoms with Crippen LogP contribution in [0, 0.1) is 11.6 Å². The van der Waals surface area contributed by atoms with Crippen LogP contribution in [0.25, 0.3) is 0 Å². The molecule has 0 bridgehead atoms. The number of nitrogens with zero attached hydrogens (tertiary/aromatic N) is 2. The Morgan fingerprint density at radius 1 is 1.44 bits per heavy atom. The third-order valence-corrected chi connectivity index (χ3v) is 3.39. The smallest absolute Gasteiger partial charge is 0.130 e. The molecule has 0 fully saturated rings. The summed E-state index contributed by atoms with van der Waals surface area (Å²) in [5.41, 5.74) is 2.19. The van der Waals surface area contributed by atoms with Crippen molar-refractivity contribution in [3.8, 4) is 0 Å². The summed E-state index contributed by atoms with van der Waals surface area (Å²) in [5, 5.41) is 3.12. The Hall–Kier alpha value is -1.07. The molecule has 2 aromatic heterocycles. The zero-order chi connectivity index (χ0) is 11.5. The average molecular weight is 251 g/mol. The number of H-pyrrole nitrogens is 1. The Labute approximate surface area is 104 Å². The second kappa shape index (κ2) is 4.84. The van der Waals surface area contributed by atoms with E-state index in [0.29, 0.717) is 4.64 Å². The van der Waals surface area contributed by atoms with Gasteiger partial charge in [0.2, 0.25) is 0 Å². The first-order chi connectivity index (χ1) is 7.67. The first kappa shape index (κ1) is 11.4. The van der Waals surface area contributed by atoms with Gasteiger partial charge >= 0.3 is 0 Å². The van der Waals surface area contributed by atoms with Crippen molar-refractivity contribution in [2.24, 2.45) is 0 Å². The molecule has 0 aliphatic heterocycles. The van der Waals surface area contributed by atoms with Gasteiger partial charge < -0.3 is 4.98 Å². The molecule has 5 heteroatoms. The minimum absolute atomic E-state index is 0.652. The van der Waals surface area contributed by atoms with E-state index in [1.165, 1.54) is 0 Å².